The van der Waals surface area contributed by atoms with Crippen LogP contribution in [0.25, 0.3) is 0 Å². The van der Waals surface area contributed by atoms with E-state index >= 15 is 0 Å². The van der Waals surface area contributed by atoms with Crippen LogP contribution in [0, 0.1) is 5.92 Å². The molecular weight excluding hydrogens is 218 g/mol. The quantitative estimate of drug-likeness (QED) is 0.603. The van der Waals surface area contributed by atoms with E-state index in [0.29, 0.717) is 25.3 Å². The molecule has 0 spiro atoms. The van der Waals surface area contributed by atoms with Gasteiger partial charge in [-0.05, 0) is 25.2 Å². The maximum absolute atomic E-state index is 12.0. The lowest BCUT2D eigenvalue weighted by molar-refractivity contribution is -0.128. The normalized spacial score (nSPS) is 28.7. The van der Waals surface area contributed by atoms with Gasteiger partial charge in [0.15, 0.2) is 0 Å². The van der Waals surface area contributed by atoms with E-state index in [9.17, 15) is 9.59 Å². The minimum absolute atomic E-state index is 0.0893. The molecule has 2 amide bonds. The number of carbonyl (C=O) groups excluding carboxylic acids is 2. The lowest BCUT2D eigenvalue weighted by Gasteiger charge is -2.35. The molecule has 1 rings (SSSR count). The highest BCUT2D eigenvalue weighted by atomic mass is 16.2. The highest BCUT2D eigenvalue weighted by molar-refractivity contribution is 5.86. The summed E-state index contributed by atoms with van der Waals surface area (Å²) in [6, 6.07) is 0. The van der Waals surface area contributed by atoms with Crippen LogP contribution in [0.4, 0.5) is 0 Å². The Bertz CT molecular complexity index is 293. The zero-order valence-corrected chi connectivity index (χ0v) is 10.5. The first kappa shape index (κ1) is 14.0. The maximum atomic E-state index is 12.0. The molecule has 0 aromatic heterocycles. The molecule has 2 unspecified atom stereocenters. The third-order valence-corrected chi connectivity index (χ3v) is 3.37. The number of nitrogens with two attached hydrogens (primary N) is 2. The van der Waals surface area contributed by atoms with Crippen molar-refractivity contribution in [3.05, 3.63) is 0 Å². The van der Waals surface area contributed by atoms with Gasteiger partial charge in [-0.25, -0.2) is 0 Å². The van der Waals surface area contributed by atoms with Gasteiger partial charge in [0, 0.05) is 13.0 Å². The first-order valence-corrected chi connectivity index (χ1v) is 6.29. The average Bonchev–Trinajstić information content (AvgIpc) is 2.23. The molecule has 0 saturated heterocycles. The molecule has 1 aliphatic rings. The van der Waals surface area contributed by atoms with Gasteiger partial charge in [-0.1, -0.05) is 19.8 Å². The van der Waals surface area contributed by atoms with Crippen LogP contribution in [0.2, 0.25) is 0 Å². The van der Waals surface area contributed by atoms with Gasteiger partial charge in [0.1, 0.15) is 0 Å². The molecule has 0 aliphatic heterocycles. The fourth-order valence-corrected chi connectivity index (χ4v) is 2.44. The smallest absolute Gasteiger partial charge is 0.240 e. The number of nitrogens with one attached hydrogen (secondary N) is 1. The standard InChI is InChI=1S/C12H23N3O2/c1-9-4-2-6-12(14,8-9)11(17)15-7-3-5-10(13)16/h9H,2-8,14H2,1H3,(H2,13,16)(H,15,17). The maximum Gasteiger partial charge on any atom is 0.240 e. The van der Waals surface area contributed by atoms with Crippen LogP contribution in [0.3, 0.4) is 0 Å². The first-order valence-electron chi connectivity index (χ1n) is 6.29. The summed E-state index contributed by atoms with van der Waals surface area (Å²) in [6.45, 7) is 2.59. The van der Waals surface area contributed by atoms with Crippen molar-refractivity contribution in [1.82, 2.24) is 5.32 Å². The monoisotopic (exact) mass is 241 g/mol. The van der Waals surface area contributed by atoms with E-state index in [1.54, 1.807) is 0 Å². The second-order valence-electron chi connectivity index (χ2n) is 5.18. The van der Waals surface area contributed by atoms with Crippen molar-refractivity contribution in [2.75, 3.05) is 6.54 Å². The number of hydrogen-bond donors (Lipinski definition) is 3. The Kier molecular flexibility index (Phi) is 4.93. The third-order valence-electron chi connectivity index (χ3n) is 3.37. The molecule has 0 aromatic rings. The predicted molar refractivity (Wildman–Crippen MR) is 66.0 cm³/mol. The second kappa shape index (κ2) is 6.00. The van der Waals surface area contributed by atoms with Crippen LogP contribution in [-0.2, 0) is 9.59 Å². The van der Waals surface area contributed by atoms with Gasteiger partial charge in [-0.3, -0.25) is 9.59 Å². The first-order chi connectivity index (χ1) is 7.94. The number of primary amides is 1. The molecule has 5 nitrogen and oxygen atoms in total. The molecule has 0 aromatic carbocycles. The van der Waals surface area contributed by atoms with Crippen LogP contribution in [0.15, 0.2) is 0 Å². The van der Waals surface area contributed by atoms with E-state index in [4.69, 9.17) is 11.5 Å². The Morgan fingerprint density at radius 2 is 2.18 bits per heavy atom. The van der Waals surface area contributed by atoms with E-state index in [1.807, 2.05) is 0 Å². The van der Waals surface area contributed by atoms with Gasteiger partial charge in [0.25, 0.3) is 0 Å². The highest BCUT2D eigenvalue weighted by Crippen LogP contribution is 2.30. The summed E-state index contributed by atoms with van der Waals surface area (Å²) in [5.41, 5.74) is 10.4. The molecule has 1 fully saturated rings. The Balaban J connectivity index is 2.33. The van der Waals surface area contributed by atoms with Crippen molar-refractivity contribution in [3.8, 4) is 0 Å². The van der Waals surface area contributed by atoms with Crippen molar-refractivity contribution in [2.45, 2.75) is 51.0 Å². The van der Waals surface area contributed by atoms with Gasteiger partial charge in [-0.2, -0.15) is 0 Å². The molecule has 0 heterocycles. The van der Waals surface area contributed by atoms with Crippen molar-refractivity contribution in [3.63, 3.8) is 0 Å². The molecule has 0 radical (unpaired) electrons. The molecule has 17 heavy (non-hydrogen) atoms. The zero-order valence-electron chi connectivity index (χ0n) is 10.5. The Hall–Kier alpha value is -1.10. The molecule has 5 N–H and O–H groups in total. The van der Waals surface area contributed by atoms with Crippen LogP contribution < -0.4 is 16.8 Å². The lowest BCUT2D eigenvalue weighted by atomic mass is 9.76. The minimum Gasteiger partial charge on any atom is -0.370 e. The van der Waals surface area contributed by atoms with Gasteiger partial charge >= 0.3 is 0 Å². The highest BCUT2D eigenvalue weighted by Gasteiger charge is 2.37. The van der Waals surface area contributed by atoms with E-state index < -0.39 is 5.54 Å². The van der Waals surface area contributed by atoms with Crippen LogP contribution >= 0.6 is 0 Å². The summed E-state index contributed by atoms with van der Waals surface area (Å²) >= 11 is 0. The van der Waals surface area contributed by atoms with Gasteiger partial charge in [-0.15, -0.1) is 0 Å². The Morgan fingerprint density at radius 1 is 1.47 bits per heavy atom. The van der Waals surface area contributed by atoms with Crippen LogP contribution in [0.5, 0.6) is 0 Å². The topological polar surface area (TPSA) is 98.2 Å². The third kappa shape index (κ3) is 4.34. The van der Waals surface area contributed by atoms with Crippen molar-refractivity contribution in [1.29, 1.82) is 0 Å². The number of hydrogen-bond acceptors (Lipinski definition) is 3. The van der Waals surface area contributed by atoms with Gasteiger partial charge < -0.3 is 16.8 Å². The largest absolute Gasteiger partial charge is 0.370 e. The minimum atomic E-state index is -0.718. The predicted octanol–water partition coefficient (Wildman–Crippen LogP) is 0.276. The summed E-state index contributed by atoms with van der Waals surface area (Å²) in [7, 11) is 0. The Labute approximate surface area is 102 Å². The molecule has 0 bridgehead atoms. The zero-order chi connectivity index (χ0) is 12.9. The molecule has 2 atom stereocenters. The van der Waals surface area contributed by atoms with Crippen molar-refractivity contribution < 1.29 is 9.59 Å². The van der Waals surface area contributed by atoms with Crippen molar-refractivity contribution >= 4 is 11.8 Å². The second-order valence-corrected chi connectivity index (χ2v) is 5.18. The van der Waals surface area contributed by atoms with Crippen molar-refractivity contribution in [2.24, 2.45) is 17.4 Å². The molecule has 1 saturated carbocycles. The number of rotatable bonds is 5. The van der Waals surface area contributed by atoms with Gasteiger partial charge in [0.05, 0.1) is 5.54 Å². The summed E-state index contributed by atoms with van der Waals surface area (Å²) in [4.78, 5) is 22.5. The van der Waals surface area contributed by atoms with Crippen LogP contribution in [-0.4, -0.2) is 23.9 Å². The summed E-state index contributed by atoms with van der Waals surface area (Å²) in [5, 5.41) is 2.80. The summed E-state index contributed by atoms with van der Waals surface area (Å²) < 4.78 is 0. The van der Waals surface area contributed by atoms with E-state index in [-0.39, 0.29) is 11.8 Å². The molecular formula is C12H23N3O2. The van der Waals surface area contributed by atoms with Crippen LogP contribution in [0.1, 0.15) is 45.4 Å². The van der Waals surface area contributed by atoms with E-state index in [1.165, 1.54) is 0 Å². The summed E-state index contributed by atoms with van der Waals surface area (Å²) in [5.74, 6) is 0.0756. The SMILES string of the molecule is CC1CCCC(N)(C(=O)NCCCC(N)=O)C1. The Morgan fingerprint density at radius 3 is 2.76 bits per heavy atom. The fraction of sp³-hybridized carbons (Fsp3) is 0.833. The number of amides is 2. The average molecular weight is 241 g/mol. The summed E-state index contributed by atoms with van der Waals surface area (Å²) in [6.07, 6.45) is 4.52. The van der Waals surface area contributed by atoms with E-state index in [2.05, 4.69) is 12.2 Å². The molecule has 98 valence electrons. The van der Waals surface area contributed by atoms with E-state index in [0.717, 1.165) is 25.7 Å². The molecule has 1 aliphatic carbocycles. The lowest BCUT2D eigenvalue weighted by Crippen LogP contribution is -2.56. The molecule has 5 heteroatoms. The fourth-order valence-electron chi connectivity index (χ4n) is 2.44. The number of carbonyl (C=O) groups is 2. The van der Waals surface area contributed by atoms with Gasteiger partial charge in [0.2, 0.25) is 11.8 Å².